The van der Waals surface area contributed by atoms with Gasteiger partial charge < -0.3 is 14.5 Å². The van der Waals surface area contributed by atoms with Crippen LogP contribution in [-0.2, 0) is 19.1 Å². The smallest absolute Gasteiger partial charge is 0.293 e. The molecule has 0 aromatic rings. The summed E-state index contributed by atoms with van der Waals surface area (Å²) in [5.74, 6) is 0.941. The number of nitrogens with zero attached hydrogens (tertiary/aromatic N) is 2. The summed E-state index contributed by atoms with van der Waals surface area (Å²) in [7, 11) is 0. The fraction of sp³-hybridized carbons (Fsp3) is 0.842. The molecule has 2 amide bonds. The fourth-order valence-corrected chi connectivity index (χ4v) is 4.56. The van der Waals surface area contributed by atoms with Crippen molar-refractivity contribution in [3.63, 3.8) is 0 Å². The van der Waals surface area contributed by atoms with E-state index in [9.17, 15) is 14.4 Å². The zero-order valence-electron chi connectivity index (χ0n) is 15.9. The van der Waals surface area contributed by atoms with E-state index in [1.54, 1.807) is 6.92 Å². The van der Waals surface area contributed by atoms with Gasteiger partial charge in [-0.25, -0.2) is 0 Å². The van der Waals surface area contributed by atoms with E-state index in [0.717, 1.165) is 19.3 Å². The van der Waals surface area contributed by atoms with Gasteiger partial charge in [0.05, 0.1) is 6.61 Å². The molecule has 3 fully saturated rings. The Morgan fingerprint density at radius 2 is 1.88 bits per heavy atom. The number of ether oxygens (including phenoxy) is 1. The summed E-state index contributed by atoms with van der Waals surface area (Å²) in [4.78, 5) is 38.6. The van der Waals surface area contributed by atoms with Gasteiger partial charge in [0, 0.05) is 12.1 Å². The van der Waals surface area contributed by atoms with E-state index in [4.69, 9.17) is 0 Å². The maximum Gasteiger partial charge on any atom is 0.293 e. The predicted octanol–water partition coefficient (Wildman–Crippen LogP) is 2.35. The summed E-state index contributed by atoms with van der Waals surface area (Å²) < 4.78 is 4.15. The van der Waals surface area contributed by atoms with Crippen molar-refractivity contribution in [3.05, 3.63) is 0 Å². The monoisotopic (exact) mass is 352 g/mol. The Kier molecular flexibility index (Phi) is 6.85. The Balaban J connectivity index is 0.000000399. The normalized spacial score (nSPS) is 32.3. The molecular weight excluding hydrogens is 320 g/mol. The number of carbonyl (C=O) groups excluding carboxylic acids is 3. The van der Waals surface area contributed by atoms with Crippen molar-refractivity contribution in [2.24, 2.45) is 5.92 Å². The first-order chi connectivity index (χ1) is 12.0. The van der Waals surface area contributed by atoms with Crippen LogP contribution in [0.1, 0.15) is 66.2 Å². The number of amides is 2. The Labute approximate surface area is 150 Å². The Hall–Kier alpha value is -1.59. The molecule has 25 heavy (non-hydrogen) atoms. The van der Waals surface area contributed by atoms with Crippen LogP contribution in [0, 0.1) is 5.92 Å². The van der Waals surface area contributed by atoms with E-state index in [1.807, 2.05) is 16.7 Å². The molecule has 142 valence electrons. The molecule has 3 rings (SSSR count). The Bertz CT molecular complexity index is 496. The minimum atomic E-state index is -0.283. The lowest BCUT2D eigenvalue weighted by atomic mass is 9.85. The van der Waals surface area contributed by atoms with E-state index < -0.39 is 0 Å². The zero-order valence-corrected chi connectivity index (χ0v) is 15.9. The van der Waals surface area contributed by atoms with Gasteiger partial charge in [-0.3, -0.25) is 14.4 Å². The van der Waals surface area contributed by atoms with Crippen LogP contribution in [0.4, 0.5) is 0 Å². The van der Waals surface area contributed by atoms with Crippen LogP contribution in [0.5, 0.6) is 0 Å². The quantitative estimate of drug-likeness (QED) is 0.729. The van der Waals surface area contributed by atoms with Gasteiger partial charge in [0.15, 0.2) is 0 Å². The van der Waals surface area contributed by atoms with Gasteiger partial charge in [0.2, 0.25) is 11.8 Å². The largest absolute Gasteiger partial charge is 0.468 e. The minimum Gasteiger partial charge on any atom is -0.468 e. The molecule has 3 aliphatic rings. The van der Waals surface area contributed by atoms with Gasteiger partial charge in [-0.05, 0) is 52.4 Å². The number of hydrogen-bond donors (Lipinski definition) is 0. The maximum absolute atomic E-state index is 12.8. The molecule has 1 aliphatic carbocycles. The summed E-state index contributed by atoms with van der Waals surface area (Å²) in [5.41, 5.74) is 0. The summed E-state index contributed by atoms with van der Waals surface area (Å²) in [6.45, 7) is 8.70. The van der Waals surface area contributed by atoms with Crippen molar-refractivity contribution in [1.82, 2.24) is 9.80 Å². The van der Waals surface area contributed by atoms with Crippen LogP contribution < -0.4 is 0 Å². The second-order valence-electron chi connectivity index (χ2n) is 7.34. The molecule has 6 nitrogen and oxygen atoms in total. The number of hydrogen-bond acceptors (Lipinski definition) is 4. The maximum atomic E-state index is 12.8. The molecule has 0 spiro atoms. The highest BCUT2D eigenvalue weighted by molar-refractivity contribution is 5.97. The molecule has 5 atom stereocenters. The van der Waals surface area contributed by atoms with Crippen molar-refractivity contribution >= 4 is 18.3 Å². The summed E-state index contributed by atoms with van der Waals surface area (Å²) in [6, 6.07) is 0.0492. The van der Waals surface area contributed by atoms with Crippen LogP contribution >= 0.6 is 0 Å². The van der Waals surface area contributed by atoms with Gasteiger partial charge in [-0.15, -0.1) is 0 Å². The third kappa shape index (κ3) is 3.82. The van der Waals surface area contributed by atoms with Crippen LogP contribution in [0.3, 0.4) is 0 Å². The molecule has 0 radical (unpaired) electrons. The molecule has 0 N–H and O–H groups in total. The highest BCUT2D eigenvalue weighted by Gasteiger charge is 2.54. The van der Waals surface area contributed by atoms with Gasteiger partial charge >= 0.3 is 0 Å². The Morgan fingerprint density at radius 1 is 1.20 bits per heavy atom. The zero-order chi connectivity index (χ0) is 18.6. The minimum absolute atomic E-state index is 0.159. The molecule has 3 unspecified atom stereocenters. The molecular formula is C19H32N2O4. The van der Waals surface area contributed by atoms with Gasteiger partial charge in [-0.1, -0.05) is 19.8 Å². The van der Waals surface area contributed by atoms with Crippen LogP contribution in [0.25, 0.3) is 0 Å². The predicted molar refractivity (Wildman–Crippen MR) is 94.7 cm³/mol. The lowest BCUT2D eigenvalue weighted by Gasteiger charge is -2.45. The highest BCUT2D eigenvalue weighted by atomic mass is 16.5. The lowest BCUT2D eigenvalue weighted by Crippen LogP contribution is -2.65. The molecule has 1 saturated carbocycles. The lowest BCUT2D eigenvalue weighted by molar-refractivity contribution is -0.163. The van der Waals surface area contributed by atoms with Gasteiger partial charge in [0.25, 0.3) is 6.47 Å². The van der Waals surface area contributed by atoms with Crippen LogP contribution in [0.15, 0.2) is 0 Å². The number of carbonyl (C=O) groups is 3. The van der Waals surface area contributed by atoms with E-state index >= 15 is 0 Å². The molecule has 0 bridgehead atoms. The first kappa shape index (κ1) is 19.7. The van der Waals surface area contributed by atoms with E-state index in [1.165, 1.54) is 19.3 Å². The summed E-state index contributed by atoms with van der Waals surface area (Å²) >= 11 is 0. The van der Waals surface area contributed by atoms with Gasteiger partial charge in [0.1, 0.15) is 12.1 Å². The average Bonchev–Trinajstić information content (AvgIpc) is 3.01. The van der Waals surface area contributed by atoms with Crippen molar-refractivity contribution < 1.29 is 19.1 Å². The number of piperazine rings is 1. The van der Waals surface area contributed by atoms with Gasteiger partial charge in [-0.2, -0.15) is 0 Å². The SMILES string of the molecule is CCC(C)N1C(=O)C2C[C@@H]3CCCC[C@@H]3N2C(=O)C1C.CCOC=O. The fourth-order valence-electron chi connectivity index (χ4n) is 4.56. The third-order valence-corrected chi connectivity index (χ3v) is 5.96. The molecule has 2 saturated heterocycles. The van der Waals surface area contributed by atoms with E-state index in [-0.39, 0.29) is 29.9 Å². The third-order valence-electron chi connectivity index (χ3n) is 5.96. The van der Waals surface area contributed by atoms with E-state index in [0.29, 0.717) is 25.0 Å². The Morgan fingerprint density at radius 3 is 2.44 bits per heavy atom. The van der Waals surface area contributed by atoms with Crippen LogP contribution in [0.2, 0.25) is 0 Å². The van der Waals surface area contributed by atoms with Crippen molar-refractivity contribution in [2.45, 2.75) is 90.4 Å². The first-order valence-electron chi connectivity index (χ1n) is 9.67. The highest BCUT2D eigenvalue weighted by Crippen LogP contribution is 2.42. The van der Waals surface area contributed by atoms with Crippen molar-refractivity contribution in [1.29, 1.82) is 0 Å². The first-order valence-corrected chi connectivity index (χ1v) is 9.67. The summed E-state index contributed by atoms with van der Waals surface area (Å²) in [6.07, 6.45) is 6.55. The number of fused-ring (bicyclic) bond motifs is 3. The molecule has 0 aromatic heterocycles. The van der Waals surface area contributed by atoms with Crippen molar-refractivity contribution in [3.8, 4) is 0 Å². The second-order valence-corrected chi connectivity index (χ2v) is 7.34. The summed E-state index contributed by atoms with van der Waals surface area (Å²) in [5, 5.41) is 0. The van der Waals surface area contributed by atoms with Crippen LogP contribution in [-0.4, -0.2) is 58.9 Å². The average molecular weight is 352 g/mol. The topological polar surface area (TPSA) is 66.9 Å². The molecule has 6 heteroatoms. The van der Waals surface area contributed by atoms with E-state index in [2.05, 4.69) is 18.6 Å². The molecule has 0 aromatic carbocycles. The molecule has 2 aliphatic heterocycles. The standard InChI is InChI=1S/C16H26N2O2.C3H6O2/c1-4-10(2)17-11(3)15(19)18-13-8-6-5-7-12(13)9-14(18)16(17)20;1-2-5-3-4/h10-14H,4-9H2,1-3H3;3H,2H2,1H3/t10?,11?,12-,13-,14?;/m0./s1. The second kappa shape index (κ2) is 8.68. The molecule has 2 heterocycles. The number of rotatable bonds is 4. The van der Waals surface area contributed by atoms with Crippen molar-refractivity contribution in [2.75, 3.05) is 6.61 Å².